The lowest BCUT2D eigenvalue weighted by Crippen LogP contribution is -2.34. The minimum Gasteiger partial charge on any atom is -0.364 e. The Hall–Kier alpha value is -1.83. The average Bonchev–Trinajstić information content (AvgIpc) is 3.09. The molecule has 0 bridgehead atoms. The van der Waals surface area contributed by atoms with Crippen molar-refractivity contribution in [2.24, 2.45) is 0 Å². The maximum absolute atomic E-state index is 12.6. The summed E-state index contributed by atoms with van der Waals surface area (Å²) in [7, 11) is 0. The van der Waals surface area contributed by atoms with Crippen molar-refractivity contribution < 1.29 is 17.7 Å². The molecule has 0 saturated carbocycles. The van der Waals surface area contributed by atoms with Gasteiger partial charge in [-0.05, 0) is 25.5 Å². The van der Waals surface area contributed by atoms with Gasteiger partial charge in [0.15, 0.2) is 5.69 Å². The Morgan fingerprint density at radius 2 is 2.29 bits per heavy atom. The van der Waals surface area contributed by atoms with Gasteiger partial charge in [-0.2, -0.15) is 18.3 Å². The molecule has 1 saturated heterocycles. The van der Waals surface area contributed by atoms with E-state index in [0.717, 1.165) is 31.1 Å². The molecule has 1 fully saturated rings. The first kappa shape index (κ1) is 14.1. The average molecular weight is 300 g/mol. The number of likely N-dealkylation sites (tertiary alicyclic amines) is 1. The molecule has 0 spiro atoms. The van der Waals surface area contributed by atoms with E-state index in [1.54, 1.807) is 6.07 Å². The third-order valence-corrected chi connectivity index (χ3v) is 3.71. The number of piperidine rings is 1. The van der Waals surface area contributed by atoms with Crippen molar-refractivity contribution in [3.8, 4) is 0 Å². The van der Waals surface area contributed by atoms with Gasteiger partial charge < -0.3 is 4.52 Å². The number of nitrogens with one attached hydrogen (secondary N) is 1. The molecule has 0 radical (unpaired) electrons. The fraction of sp³-hybridized carbons (Fsp3) is 0.538. The van der Waals surface area contributed by atoms with Crippen LogP contribution in [-0.4, -0.2) is 33.3 Å². The molecule has 0 aromatic carbocycles. The van der Waals surface area contributed by atoms with Crippen LogP contribution in [0.1, 0.15) is 35.8 Å². The van der Waals surface area contributed by atoms with Crippen molar-refractivity contribution in [2.75, 3.05) is 13.1 Å². The molecule has 8 heteroatoms. The van der Waals surface area contributed by atoms with Gasteiger partial charge in [0.2, 0.25) is 0 Å². The first-order valence-corrected chi connectivity index (χ1v) is 6.76. The van der Waals surface area contributed by atoms with E-state index in [2.05, 4.69) is 20.3 Å². The molecule has 1 atom stereocenters. The van der Waals surface area contributed by atoms with E-state index in [4.69, 9.17) is 4.52 Å². The molecule has 21 heavy (non-hydrogen) atoms. The van der Waals surface area contributed by atoms with Crippen molar-refractivity contribution in [1.82, 2.24) is 20.3 Å². The van der Waals surface area contributed by atoms with Crippen LogP contribution >= 0.6 is 0 Å². The predicted molar refractivity (Wildman–Crippen MR) is 67.3 cm³/mol. The molecule has 1 aliphatic rings. The number of nitrogens with zero attached hydrogens (tertiary/aromatic N) is 3. The molecular weight excluding hydrogens is 285 g/mol. The van der Waals surface area contributed by atoms with Gasteiger partial charge in [-0.1, -0.05) is 5.16 Å². The van der Waals surface area contributed by atoms with Gasteiger partial charge in [0, 0.05) is 30.8 Å². The van der Waals surface area contributed by atoms with Crippen LogP contribution in [-0.2, 0) is 12.7 Å². The van der Waals surface area contributed by atoms with E-state index in [9.17, 15) is 13.2 Å². The molecule has 3 heterocycles. The summed E-state index contributed by atoms with van der Waals surface area (Å²) < 4.78 is 42.5. The third kappa shape index (κ3) is 3.26. The molecule has 0 unspecified atom stereocenters. The van der Waals surface area contributed by atoms with Crippen molar-refractivity contribution >= 4 is 0 Å². The molecule has 0 amide bonds. The van der Waals surface area contributed by atoms with Gasteiger partial charge in [-0.25, -0.2) is 0 Å². The quantitative estimate of drug-likeness (QED) is 0.947. The number of alkyl halides is 3. The second-order valence-corrected chi connectivity index (χ2v) is 5.27. The summed E-state index contributed by atoms with van der Waals surface area (Å²) in [5.74, 6) is 0.0363. The SMILES string of the molecule is FC(F)(F)c1cc([C@@H]2CCCN(Cc3ccon3)C2)[nH]n1. The smallest absolute Gasteiger partial charge is 0.364 e. The standard InChI is InChI=1S/C13H15F3N4O/c14-13(15,16)12-6-11(17-18-12)9-2-1-4-20(7-9)8-10-3-5-21-19-10/h3,5-6,9H,1-2,4,7-8H2,(H,17,18)/t9-/m1/s1. The molecule has 1 aliphatic heterocycles. The lowest BCUT2D eigenvalue weighted by atomic mass is 9.94. The fourth-order valence-electron chi connectivity index (χ4n) is 2.69. The number of hydrogen-bond donors (Lipinski definition) is 1. The summed E-state index contributed by atoms with van der Waals surface area (Å²) >= 11 is 0. The van der Waals surface area contributed by atoms with E-state index in [-0.39, 0.29) is 5.92 Å². The molecule has 1 N–H and O–H groups in total. The molecule has 2 aromatic rings. The Morgan fingerprint density at radius 3 is 2.95 bits per heavy atom. The van der Waals surface area contributed by atoms with Crippen LogP contribution < -0.4 is 0 Å². The minimum atomic E-state index is -4.40. The van der Waals surface area contributed by atoms with Crippen molar-refractivity contribution in [1.29, 1.82) is 0 Å². The lowest BCUT2D eigenvalue weighted by Gasteiger charge is -2.31. The largest absolute Gasteiger partial charge is 0.435 e. The maximum atomic E-state index is 12.6. The highest BCUT2D eigenvalue weighted by Crippen LogP contribution is 2.32. The highest BCUT2D eigenvalue weighted by atomic mass is 19.4. The summed E-state index contributed by atoms with van der Waals surface area (Å²) in [6, 6.07) is 2.91. The van der Waals surface area contributed by atoms with Crippen LogP contribution in [0.25, 0.3) is 0 Å². The van der Waals surface area contributed by atoms with Crippen LogP contribution in [0.3, 0.4) is 0 Å². The predicted octanol–water partition coefficient (Wildman–Crippen LogP) is 2.80. The Labute approximate surface area is 119 Å². The topological polar surface area (TPSA) is 58.0 Å². The summed E-state index contributed by atoms with van der Waals surface area (Å²) in [6.45, 7) is 2.24. The van der Waals surface area contributed by atoms with E-state index >= 15 is 0 Å². The molecular formula is C13H15F3N4O. The maximum Gasteiger partial charge on any atom is 0.435 e. The monoisotopic (exact) mass is 300 g/mol. The van der Waals surface area contributed by atoms with Gasteiger partial charge in [0.1, 0.15) is 6.26 Å². The Balaban J connectivity index is 1.67. The van der Waals surface area contributed by atoms with Gasteiger partial charge in [-0.15, -0.1) is 0 Å². The normalized spacial score (nSPS) is 20.8. The number of aromatic amines is 1. The highest BCUT2D eigenvalue weighted by Gasteiger charge is 2.35. The van der Waals surface area contributed by atoms with Crippen LogP contribution in [0.15, 0.2) is 22.9 Å². The third-order valence-electron chi connectivity index (χ3n) is 3.71. The Kier molecular flexibility index (Phi) is 3.71. The van der Waals surface area contributed by atoms with Crippen molar-refractivity contribution in [3.05, 3.63) is 35.5 Å². The van der Waals surface area contributed by atoms with Gasteiger partial charge in [0.25, 0.3) is 0 Å². The second-order valence-electron chi connectivity index (χ2n) is 5.27. The summed E-state index contributed by atoms with van der Waals surface area (Å²) in [6.07, 6.45) is -1.09. The number of hydrogen-bond acceptors (Lipinski definition) is 4. The fourth-order valence-corrected chi connectivity index (χ4v) is 2.69. The Morgan fingerprint density at radius 1 is 1.43 bits per heavy atom. The van der Waals surface area contributed by atoms with E-state index in [1.165, 1.54) is 6.26 Å². The highest BCUT2D eigenvalue weighted by molar-refractivity contribution is 5.16. The van der Waals surface area contributed by atoms with Crippen LogP contribution in [0, 0.1) is 0 Å². The van der Waals surface area contributed by atoms with Crippen LogP contribution in [0.5, 0.6) is 0 Å². The van der Waals surface area contributed by atoms with E-state index in [0.29, 0.717) is 18.8 Å². The zero-order valence-corrected chi connectivity index (χ0v) is 11.2. The summed E-state index contributed by atoms with van der Waals surface area (Å²) in [5, 5.41) is 9.76. The van der Waals surface area contributed by atoms with E-state index in [1.807, 2.05) is 0 Å². The number of rotatable bonds is 3. The van der Waals surface area contributed by atoms with Gasteiger partial charge >= 0.3 is 6.18 Å². The number of aromatic nitrogens is 3. The zero-order chi connectivity index (χ0) is 14.9. The van der Waals surface area contributed by atoms with Crippen molar-refractivity contribution in [3.63, 3.8) is 0 Å². The van der Waals surface area contributed by atoms with Crippen LogP contribution in [0.4, 0.5) is 13.2 Å². The first-order chi connectivity index (χ1) is 10.0. The zero-order valence-electron chi connectivity index (χ0n) is 11.2. The van der Waals surface area contributed by atoms with Crippen molar-refractivity contribution in [2.45, 2.75) is 31.5 Å². The van der Waals surface area contributed by atoms with E-state index < -0.39 is 11.9 Å². The first-order valence-electron chi connectivity index (χ1n) is 6.76. The lowest BCUT2D eigenvalue weighted by molar-refractivity contribution is -0.141. The molecule has 3 rings (SSSR count). The molecule has 5 nitrogen and oxygen atoms in total. The molecule has 0 aliphatic carbocycles. The minimum absolute atomic E-state index is 0.0363. The number of H-pyrrole nitrogens is 1. The van der Waals surface area contributed by atoms with Gasteiger partial charge in [-0.3, -0.25) is 10.00 Å². The second kappa shape index (κ2) is 5.51. The molecule has 114 valence electrons. The summed E-state index contributed by atoms with van der Waals surface area (Å²) in [5.41, 5.74) is 0.523. The number of halogens is 3. The van der Waals surface area contributed by atoms with Crippen LogP contribution in [0.2, 0.25) is 0 Å². The molecule has 2 aromatic heterocycles. The Bertz CT molecular complexity index is 579. The van der Waals surface area contributed by atoms with Gasteiger partial charge in [0.05, 0.1) is 5.69 Å². The summed E-state index contributed by atoms with van der Waals surface area (Å²) in [4.78, 5) is 2.17.